The third kappa shape index (κ3) is 2.16. The molecule has 0 radical (unpaired) electrons. The first-order valence-electron chi connectivity index (χ1n) is 3.43. The van der Waals surface area contributed by atoms with E-state index in [1.165, 1.54) is 14.1 Å². The van der Waals surface area contributed by atoms with Crippen LogP contribution in [0.1, 0.15) is 5.69 Å². The number of hydrogen-bond donors (Lipinski definition) is 1. The molecule has 0 aliphatic rings. The molecule has 13 heavy (non-hydrogen) atoms. The molecular formula is C5H10N4O3S. The molecule has 0 unspecified atom stereocenters. The summed E-state index contributed by atoms with van der Waals surface area (Å²) in [6.07, 6.45) is 0. The normalized spacial score (nSPS) is 12.0. The molecule has 1 N–H and O–H groups in total. The van der Waals surface area contributed by atoms with Gasteiger partial charge in [0.25, 0.3) is 0 Å². The Morgan fingerprint density at radius 2 is 2.00 bits per heavy atom. The highest BCUT2D eigenvalue weighted by atomic mass is 32.2. The maximum absolute atomic E-state index is 11.3. The van der Waals surface area contributed by atoms with Crippen LogP contribution in [0.25, 0.3) is 0 Å². The third-order valence-electron chi connectivity index (χ3n) is 1.36. The number of aryl methyl sites for hydroxylation is 1. The van der Waals surface area contributed by atoms with Crippen LogP contribution >= 0.6 is 0 Å². The molecule has 0 saturated carbocycles. The number of rotatable bonds is 3. The standard InChI is InChI=1S/C5H10N4O3S/c1-4-5(7-12-6-4)8-13(10,11)9(2)3/h1-3H3,(H,7,8). The molecule has 74 valence electrons. The lowest BCUT2D eigenvalue weighted by molar-refractivity contribution is 0.306. The van der Waals surface area contributed by atoms with Crippen LogP contribution in [0.15, 0.2) is 4.63 Å². The first kappa shape index (κ1) is 9.93. The highest BCUT2D eigenvalue weighted by molar-refractivity contribution is 7.90. The Morgan fingerprint density at radius 3 is 2.38 bits per heavy atom. The summed E-state index contributed by atoms with van der Waals surface area (Å²) in [7, 11) is -0.707. The zero-order valence-corrected chi connectivity index (χ0v) is 8.29. The van der Waals surface area contributed by atoms with E-state index in [1.54, 1.807) is 6.92 Å². The number of aromatic nitrogens is 2. The van der Waals surface area contributed by atoms with Crippen molar-refractivity contribution >= 4 is 16.0 Å². The van der Waals surface area contributed by atoms with Gasteiger partial charge in [-0.05, 0) is 12.1 Å². The van der Waals surface area contributed by atoms with E-state index in [9.17, 15) is 8.42 Å². The minimum atomic E-state index is -3.52. The Bertz CT molecular complexity index is 382. The largest absolute Gasteiger partial charge is 0.302 e. The zero-order valence-electron chi connectivity index (χ0n) is 7.47. The van der Waals surface area contributed by atoms with E-state index in [2.05, 4.69) is 19.7 Å². The molecular weight excluding hydrogens is 196 g/mol. The Kier molecular flexibility index (Phi) is 2.52. The van der Waals surface area contributed by atoms with Crippen molar-refractivity contribution in [1.82, 2.24) is 14.6 Å². The van der Waals surface area contributed by atoms with E-state index in [-0.39, 0.29) is 5.82 Å². The molecule has 7 nitrogen and oxygen atoms in total. The van der Waals surface area contributed by atoms with Crippen LogP contribution in [0.3, 0.4) is 0 Å². The molecule has 0 saturated heterocycles. The molecule has 1 heterocycles. The predicted octanol–water partition coefficient (Wildman–Crippen LogP) is -0.404. The quantitative estimate of drug-likeness (QED) is 0.726. The SMILES string of the molecule is Cc1nonc1NS(=O)(=O)N(C)C. The topological polar surface area (TPSA) is 88.3 Å². The maximum Gasteiger partial charge on any atom is 0.302 e. The van der Waals surface area contributed by atoms with Gasteiger partial charge in [0.15, 0.2) is 0 Å². The minimum Gasteiger partial charge on any atom is -0.250 e. The maximum atomic E-state index is 11.3. The molecule has 0 aliphatic heterocycles. The summed E-state index contributed by atoms with van der Waals surface area (Å²) >= 11 is 0. The summed E-state index contributed by atoms with van der Waals surface area (Å²) in [5.41, 5.74) is 0.394. The molecule has 0 spiro atoms. The van der Waals surface area contributed by atoms with Gasteiger partial charge in [-0.1, -0.05) is 5.16 Å². The van der Waals surface area contributed by atoms with Gasteiger partial charge in [0, 0.05) is 14.1 Å². The van der Waals surface area contributed by atoms with Gasteiger partial charge in [0.05, 0.1) is 0 Å². The van der Waals surface area contributed by atoms with E-state index in [1.807, 2.05) is 0 Å². The average molecular weight is 206 g/mol. The van der Waals surface area contributed by atoms with Gasteiger partial charge < -0.3 is 0 Å². The highest BCUT2D eigenvalue weighted by Crippen LogP contribution is 2.09. The summed E-state index contributed by atoms with van der Waals surface area (Å²) in [4.78, 5) is 0. The molecule has 8 heteroatoms. The number of anilines is 1. The van der Waals surface area contributed by atoms with Crippen molar-refractivity contribution in [3.63, 3.8) is 0 Å². The summed E-state index contributed by atoms with van der Waals surface area (Å²) in [5.74, 6) is 0.105. The van der Waals surface area contributed by atoms with Crippen molar-refractivity contribution in [2.24, 2.45) is 0 Å². The summed E-state index contributed by atoms with van der Waals surface area (Å²) in [6, 6.07) is 0. The second kappa shape index (κ2) is 3.30. The van der Waals surface area contributed by atoms with Crippen LogP contribution in [-0.2, 0) is 10.2 Å². The van der Waals surface area contributed by atoms with Crippen LogP contribution in [0.2, 0.25) is 0 Å². The molecule has 0 fully saturated rings. The smallest absolute Gasteiger partial charge is 0.250 e. The van der Waals surface area contributed by atoms with Crippen molar-refractivity contribution in [3.05, 3.63) is 5.69 Å². The van der Waals surface area contributed by atoms with Gasteiger partial charge in [-0.2, -0.15) is 12.7 Å². The first-order chi connectivity index (χ1) is 5.93. The molecule has 0 amide bonds. The van der Waals surface area contributed by atoms with Crippen molar-refractivity contribution < 1.29 is 13.0 Å². The molecule has 1 aromatic rings. The Labute approximate surface area is 75.9 Å². The van der Waals surface area contributed by atoms with Crippen LogP contribution in [-0.4, -0.2) is 37.1 Å². The fourth-order valence-electron chi connectivity index (χ4n) is 0.538. The fraction of sp³-hybridized carbons (Fsp3) is 0.600. The number of nitrogens with one attached hydrogen (secondary N) is 1. The van der Waals surface area contributed by atoms with Gasteiger partial charge in [-0.15, -0.1) is 0 Å². The van der Waals surface area contributed by atoms with Crippen molar-refractivity contribution in [2.75, 3.05) is 18.8 Å². The summed E-state index contributed by atoms with van der Waals surface area (Å²) < 4.78 is 30.1. The fourth-order valence-corrected chi connectivity index (χ4v) is 1.15. The Morgan fingerprint density at radius 1 is 1.38 bits per heavy atom. The third-order valence-corrected chi connectivity index (χ3v) is 2.77. The number of nitrogens with zero attached hydrogens (tertiary/aromatic N) is 3. The van der Waals surface area contributed by atoms with E-state index in [4.69, 9.17) is 0 Å². The van der Waals surface area contributed by atoms with Crippen LogP contribution in [0.5, 0.6) is 0 Å². The molecule has 0 bridgehead atoms. The van der Waals surface area contributed by atoms with Gasteiger partial charge >= 0.3 is 10.2 Å². The molecule has 0 aliphatic carbocycles. The van der Waals surface area contributed by atoms with Crippen molar-refractivity contribution in [3.8, 4) is 0 Å². The summed E-state index contributed by atoms with van der Waals surface area (Å²) in [6.45, 7) is 1.59. The van der Waals surface area contributed by atoms with E-state index in [0.717, 1.165) is 4.31 Å². The molecule has 0 aromatic carbocycles. The minimum absolute atomic E-state index is 0.105. The lowest BCUT2D eigenvalue weighted by Crippen LogP contribution is -2.29. The zero-order chi connectivity index (χ0) is 10.1. The second-order valence-electron chi connectivity index (χ2n) is 2.59. The van der Waals surface area contributed by atoms with Gasteiger partial charge in [-0.3, -0.25) is 4.72 Å². The van der Waals surface area contributed by atoms with Crippen LogP contribution in [0, 0.1) is 6.92 Å². The van der Waals surface area contributed by atoms with E-state index >= 15 is 0 Å². The summed E-state index contributed by atoms with van der Waals surface area (Å²) in [5, 5.41) is 6.81. The second-order valence-corrected chi connectivity index (χ2v) is 4.47. The average Bonchev–Trinajstić information content (AvgIpc) is 2.35. The molecule has 1 aromatic heterocycles. The predicted molar refractivity (Wildman–Crippen MR) is 45.3 cm³/mol. The van der Waals surface area contributed by atoms with Crippen molar-refractivity contribution in [2.45, 2.75) is 6.92 Å². The lowest BCUT2D eigenvalue weighted by Gasteiger charge is -2.10. The number of hydrogen-bond acceptors (Lipinski definition) is 5. The van der Waals surface area contributed by atoms with Crippen LogP contribution < -0.4 is 4.72 Å². The molecule has 1 rings (SSSR count). The highest BCUT2D eigenvalue weighted by Gasteiger charge is 2.16. The first-order valence-corrected chi connectivity index (χ1v) is 4.87. The van der Waals surface area contributed by atoms with Gasteiger partial charge in [-0.25, -0.2) is 4.63 Å². The van der Waals surface area contributed by atoms with Gasteiger partial charge in [0.1, 0.15) is 5.69 Å². The monoisotopic (exact) mass is 206 g/mol. The van der Waals surface area contributed by atoms with E-state index in [0.29, 0.717) is 5.69 Å². The lowest BCUT2D eigenvalue weighted by atomic mass is 10.5. The van der Waals surface area contributed by atoms with Crippen LogP contribution in [0.4, 0.5) is 5.82 Å². The van der Waals surface area contributed by atoms with E-state index < -0.39 is 10.2 Å². The Balaban J connectivity index is 2.88. The molecule has 0 atom stereocenters. The van der Waals surface area contributed by atoms with Gasteiger partial charge in [0.2, 0.25) is 5.82 Å². The van der Waals surface area contributed by atoms with Crippen molar-refractivity contribution in [1.29, 1.82) is 0 Å². The Hall–Kier alpha value is -1.15.